The van der Waals surface area contributed by atoms with E-state index in [0.717, 1.165) is 53.8 Å². The lowest BCUT2D eigenvalue weighted by Gasteiger charge is -2.40. The number of likely N-dealkylation sites (tertiary alicyclic amines) is 1. The number of fused-ring (bicyclic) bond motifs is 1. The molecule has 1 fully saturated rings. The minimum atomic E-state index is -0.329. The molecule has 5 aromatic rings. The molecule has 3 aromatic carbocycles. The van der Waals surface area contributed by atoms with Gasteiger partial charge in [-0.3, -0.25) is 9.88 Å². The van der Waals surface area contributed by atoms with E-state index in [4.69, 9.17) is 23.2 Å². The standard InChI is InChI=1S/C36H38Cl2N8/c1-23-6-5-7-24(16-23)20-40-33-26(19-39)21-41-35-30(33)17-28(18-31(35)38)42-34(25-8-10-27(37)11-9-25)32-22-46(44-43-32)29-12-14-45(15-13-29)36(2,3)4/h5-11,16-18,21-22,29,34,42H,12-15,20H2,1-4H3,(H,40,41)/t34-/m0/s1. The van der Waals surface area contributed by atoms with E-state index in [0.29, 0.717) is 39.4 Å². The zero-order chi connectivity index (χ0) is 32.4. The molecule has 1 aliphatic rings. The average molecular weight is 654 g/mol. The van der Waals surface area contributed by atoms with E-state index in [-0.39, 0.29) is 11.6 Å². The van der Waals surface area contributed by atoms with Crippen LogP contribution in [0.3, 0.4) is 0 Å². The van der Waals surface area contributed by atoms with Gasteiger partial charge in [0.25, 0.3) is 0 Å². The van der Waals surface area contributed by atoms with Gasteiger partial charge in [0.2, 0.25) is 0 Å². The summed E-state index contributed by atoms with van der Waals surface area (Å²) in [4.78, 5) is 7.06. The van der Waals surface area contributed by atoms with Crippen LogP contribution in [0.4, 0.5) is 11.4 Å². The van der Waals surface area contributed by atoms with E-state index in [1.165, 1.54) is 5.56 Å². The number of rotatable bonds is 8. The van der Waals surface area contributed by atoms with E-state index in [2.05, 4.69) is 89.0 Å². The SMILES string of the molecule is Cc1cccc(CNc2c(C#N)cnc3c(Cl)cc(N[C@@H](c4ccc(Cl)cc4)c4cn(C5CCN(C(C)(C)C)CC5)nn4)cc23)c1. The van der Waals surface area contributed by atoms with E-state index >= 15 is 0 Å². The third-order valence-corrected chi connectivity index (χ3v) is 9.26. The number of nitriles is 1. The van der Waals surface area contributed by atoms with Gasteiger partial charge in [-0.1, -0.05) is 70.4 Å². The molecular weight excluding hydrogens is 615 g/mol. The first-order chi connectivity index (χ1) is 22.1. The van der Waals surface area contributed by atoms with Crippen molar-refractivity contribution in [3.8, 4) is 6.07 Å². The van der Waals surface area contributed by atoms with Crippen LogP contribution in [-0.2, 0) is 6.54 Å². The van der Waals surface area contributed by atoms with Gasteiger partial charge in [0.15, 0.2) is 0 Å². The van der Waals surface area contributed by atoms with Crippen LogP contribution in [0.25, 0.3) is 10.9 Å². The number of nitrogens with zero attached hydrogens (tertiary/aromatic N) is 6. The molecule has 46 heavy (non-hydrogen) atoms. The van der Waals surface area contributed by atoms with Gasteiger partial charge in [-0.25, -0.2) is 4.68 Å². The van der Waals surface area contributed by atoms with E-state index < -0.39 is 0 Å². The van der Waals surface area contributed by atoms with Crippen molar-refractivity contribution in [3.05, 3.63) is 111 Å². The maximum atomic E-state index is 9.98. The molecule has 10 heteroatoms. The number of hydrogen-bond acceptors (Lipinski definition) is 7. The van der Waals surface area contributed by atoms with Crippen molar-refractivity contribution in [2.24, 2.45) is 0 Å². The lowest BCUT2D eigenvalue weighted by Crippen LogP contribution is -2.46. The highest BCUT2D eigenvalue weighted by molar-refractivity contribution is 6.36. The molecule has 1 atom stereocenters. The van der Waals surface area contributed by atoms with Crippen LogP contribution in [0, 0.1) is 18.3 Å². The molecular formula is C36H38Cl2N8. The second kappa shape index (κ2) is 13.3. The van der Waals surface area contributed by atoms with Crippen molar-refractivity contribution < 1.29 is 0 Å². The fourth-order valence-electron chi connectivity index (χ4n) is 6.18. The Hall–Kier alpha value is -4.16. The third kappa shape index (κ3) is 6.97. The predicted molar refractivity (Wildman–Crippen MR) is 187 cm³/mol. The largest absolute Gasteiger partial charge is 0.379 e. The van der Waals surface area contributed by atoms with Crippen molar-refractivity contribution in [1.82, 2.24) is 24.9 Å². The van der Waals surface area contributed by atoms with Crippen LogP contribution >= 0.6 is 23.2 Å². The van der Waals surface area contributed by atoms with Gasteiger partial charge < -0.3 is 10.6 Å². The van der Waals surface area contributed by atoms with Gasteiger partial charge in [-0.2, -0.15) is 5.26 Å². The third-order valence-electron chi connectivity index (χ3n) is 8.72. The molecule has 0 bridgehead atoms. The summed E-state index contributed by atoms with van der Waals surface area (Å²) in [7, 11) is 0. The summed E-state index contributed by atoms with van der Waals surface area (Å²) in [6.07, 6.45) is 5.66. The number of benzene rings is 3. The number of nitrogens with one attached hydrogen (secondary N) is 2. The first-order valence-corrected chi connectivity index (χ1v) is 16.3. The lowest BCUT2D eigenvalue weighted by molar-refractivity contribution is 0.0866. The summed E-state index contributed by atoms with van der Waals surface area (Å²) >= 11 is 13.1. The van der Waals surface area contributed by atoms with E-state index in [1.807, 2.05) is 47.1 Å². The van der Waals surface area contributed by atoms with Crippen LogP contribution in [0.5, 0.6) is 0 Å². The van der Waals surface area contributed by atoms with Gasteiger partial charge in [0.05, 0.1) is 40.1 Å². The number of anilines is 2. The van der Waals surface area contributed by atoms with Gasteiger partial charge in [0.1, 0.15) is 11.8 Å². The average Bonchev–Trinajstić information content (AvgIpc) is 3.53. The summed E-state index contributed by atoms with van der Waals surface area (Å²) in [6.45, 7) is 11.5. The number of hydrogen-bond donors (Lipinski definition) is 2. The Morgan fingerprint density at radius 3 is 2.50 bits per heavy atom. The smallest absolute Gasteiger partial charge is 0.109 e. The Morgan fingerprint density at radius 2 is 1.80 bits per heavy atom. The molecule has 0 radical (unpaired) electrons. The first-order valence-electron chi connectivity index (χ1n) is 15.6. The number of aromatic nitrogens is 4. The van der Waals surface area contributed by atoms with Crippen molar-refractivity contribution in [1.29, 1.82) is 5.26 Å². The zero-order valence-corrected chi connectivity index (χ0v) is 28.1. The highest BCUT2D eigenvalue weighted by Gasteiger charge is 2.29. The van der Waals surface area contributed by atoms with Crippen LogP contribution in [0.1, 0.15) is 73.6 Å². The minimum Gasteiger partial charge on any atom is -0.379 e. The Morgan fingerprint density at radius 1 is 1.04 bits per heavy atom. The summed E-state index contributed by atoms with van der Waals surface area (Å²) < 4.78 is 2.02. The monoisotopic (exact) mass is 652 g/mol. The molecule has 0 amide bonds. The van der Waals surface area contributed by atoms with E-state index in [9.17, 15) is 5.26 Å². The number of aryl methyl sites for hydroxylation is 1. The summed E-state index contributed by atoms with van der Waals surface area (Å²) in [5.74, 6) is 0. The molecule has 0 spiro atoms. The molecule has 2 aromatic heterocycles. The zero-order valence-electron chi connectivity index (χ0n) is 26.6. The second-order valence-corrected chi connectivity index (χ2v) is 13.8. The molecule has 6 rings (SSSR count). The van der Waals surface area contributed by atoms with Gasteiger partial charge >= 0.3 is 0 Å². The summed E-state index contributed by atoms with van der Waals surface area (Å²) in [5, 5.41) is 28.3. The predicted octanol–water partition coefficient (Wildman–Crippen LogP) is 8.56. The lowest BCUT2D eigenvalue weighted by atomic mass is 9.98. The minimum absolute atomic E-state index is 0.155. The van der Waals surface area contributed by atoms with Crippen LogP contribution in [0.15, 0.2) is 73.1 Å². The molecule has 0 unspecified atom stereocenters. The van der Waals surface area contributed by atoms with Gasteiger partial charge in [-0.05, 0) is 75.9 Å². The number of pyridine rings is 1. The molecule has 1 saturated heterocycles. The van der Waals surface area contributed by atoms with Crippen molar-refractivity contribution >= 4 is 45.5 Å². The second-order valence-electron chi connectivity index (χ2n) is 13.0. The maximum absolute atomic E-state index is 9.98. The Balaban J connectivity index is 1.33. The summed E-state index contributed by atoms with van der Waals surface area (Å²) in [5.41, 5.74) is 6.74. The molecule has 0 saturated carbocycles. The maximum Gasteiger partial charge on any atom is 0.109 e. The van der Waals surface area contributed by atoms with Crippen LogP contribution < -0.4 is 10.6 Å². The van der Waals surface area contributed by atoms with Gasteiger partial charge in [-0.15, -0.1) is 5.10 Å². The fraction of sp³-hybridized carbons (Fsp3) is 0.333. The Kier molecular flexibility index (Phi) is 9.19. The van der Waals surface area contributed by atoms with Crippen molar-refractivity contribution in [3.63, 3.8) is 0 Å². The molecule has 3 heterocycles. The quantitative estimate of drug-likeness (QED) is 0.173. The van der Waals surface area contributed by atoms with E-state index in [1.54, 1.807) is 6.20 Å². The highest BCUT2D eigenvalue weighted by atomic mass is 35.5. The topological polar surface area (TPSA) is 94.7 Å². The van der Waals surface area contributed by atoms with Gasteiger partial charge in [0, 0.05) is 47.5 Å². The highest BCUT2D eigenvalue weighted by Crippen LogP contribution is 2.36. The molecule has 1 aliphatic heterocycles. The summed E-state index contributed by atoms with van der Waals surface area (Å²) in [6, 6.07) is 22.1. The van der Waals surface area contributed by atoms with Crippen LogP contribution in [-0.4, -0.2) is 43.5 Å². The van der Waals surface area contributed by atoms with Crippen molar-refractivity contribution in [2.45, 2.75) is 64.7 Å². The normalized spacial score (nSPS) is 15.1. The Labute approximate surface area is 280 Å². The first kappa shape index (κ1) is 31.8. The molecule has 2 N–H and O–H groups in total. The van der Waals surface area contributed by atoms with Crippen LogP contribution in [0.2, 0.25) is 10.0 Å². The molecule has 8 nitrogen and oxygen atoms in total. The molecule has 236 valence electrons. The number of halogens is 2. The molecule has 0 aliphatic carbocycles. The Bertz CT molecular complexity index is 1880. The number of piperidine rings is 1. The van der Waals surface area contributed by atoms with Crippen molar-refractivity contribution in [2.75, 3.05) is 23.7 Å². The fourth-order valence-corrected chi connectivity index (χ4v) is 6.58.